The van der Waals surface area contributed by atoms with Gasteiger partial charge < -0.3 is 14.7 Å². The molecule has 1 heterocycles. The van der Waals surface area contributed by atoms with Crippen LogP contribution >= 0.6 is 0 Å². The molecular formula is C18H28N2O3. The van der Waals surface area contributed by atoms with Gasteiger partial charge in [-0.3, -0.25) is 9.69 Å². The van der Waals surface area contributed by atoms with Crippen LogP contribution in [0.3, 0.4) is 0 Å². The van der Waals surface area contributed by atoms with E-state index in [9.17, 15) is 4.79 Å². The fourth-order valence-corrected chi connectivity index (χ4v) is 3.10. The van der Waals surface area contributed by atoms with Crippen molar-refractivity contribution in [3.05, 3.63) is 29.8 Å². The van der Waals surface area contributed by atoms with E-state index < -0.39 is 5.97 Å². The second-order valence-electron chi connectivity index (χ2n) is 6.18. The zero-order valence-electron chi connectivity index (χ0n) is 14.2. The Labute approximate surface area is 138 Å². The molecule has 1 unspecified atom stereocenters. The Balaban J connectivity index is 1.76. The lowest BCUT2D eigenvalue weighted by atomic mass is 10.1. The summed E-state index contributed by atoms with van der Waals surface area (Å²) >= 11 is 0. The summed E-state index contributed by atoms with van der Waals surface area (Å²) in [6.45, 7) is 7.48. The molecule has 1 saturated heterocycles. The fourth-order valence-electron chi connectivity index (χ4n) is 3.10. The molecule has 5 heteroatoms. The van der Waals surface area contributed by atoms with Gasteiger partial charge in [-0.05, 0) is 44.0 Å². The van der Waals surface area contributed by atoms with E-state index in [2.05, 4.69) is 28.9 Å². The SMILES string of the molecule is COc1cccc(C(C)N2CCN(CCCCC(=O)O)CC2)c1. The number of aliphatic carboxylic acids is 1. The summed E-state index contributed by atoms with van der Waals surface area (Å²) in [4.78, 5) is 15.5. The van der Waals surface area contributed by atoms with Gasteiger partial charge in [-0.25, -0.2) is 0 Å². The maximum atomic E-state index is 10.5. The minimum atomic E-state index is -0.693. The molecule has 1 N–H and O–H groups in total. The quantitative estimate of drug-likeness (QED) is 0.746. The van der Waals surface area contributed by atoms with Crippen LogP contribution in [-0.2, 0) is 4.79 Å². The van der Waals surface area contributed by atoms with Crippen LogP contribution in [0.4, 0.5) is 0 Å². The van der Waals surface area contributed by atoms with Crippen molar-refractivity contribution in [1.82, 2.24) is 9.80 Å². The van der Waals surface area contributed by atoms with Crippen LogP contribution in [-0.4, -0.2) is 60.7 Å². The first-order valence-corrected chi connectivity index (χ1v) is 8.42. The van der Waals surface area contributed by atoms with Crippen molar-refractivity contribution in [2.24, 2.45) is 0 Å². The van der Waals surface area contributed by atoms with Crippen molar-refractivity contribution in [2.75, 3.05) is 39.8 Å². The molecule has 0 bridgehead atoms. The van der Waals surface area contributed by atoms with Crippen LogP contribution in [0.5, 0.6) is 5.75 Å². The second kappa shape index (κ2) is 8.89. The van der Waals surface area contributed by atoms with E-state index >= 15 is 0 Å². The highest BCUT2D eigenvalue weighted by Crippen LogP contribution is 2.24. The number of methoxy groups -OCH3 is 1. The average molecular weight is 320 g/mol. The maximum Gasteiger partial charge on any atom is 0.303 e. The van der Waals surface area contributed by atoms with Crippen LogP contribution in [0, 0.1) is 0 Å². The Bertz CT molecular complexity index is 499. The first-order valence-electron chi connectivity index (χ1n) is 8.42. The van der Waals surface area contributed by atoms with E-state index in [0.717, 1.165) is 51.3 Å². The fraction of sp³-hybridized carbons (Fsp3) is 0.611. The Morgan fingerprint density at radius 2 is 2.00 bits per heavy atom. The standard InChI is InChI=1S/C18H28N2O3/c1-15(16-6-5-7-17(14-16)23-2)20-12-10-19(11-13-20)9-4-3-8-18(21)22/h5-7,14-15H,3-4,8-13H2,1-2H3,(H,21,22). The Hall–Kier alpha value is -1.59. The monoisotopic (exact) mass is 320 g/mol. The predicted octanol–water partition coefficient (Wildman–Crippen LogP) is 2.63. The van der Waals surface area contributed by atoms with E-state index in [4.69, 9.17) is 9.84 Å². The molecule has 1 aromatic rings. The number of hydrogen-bond donors (Lipinski definition) is 1. The minimum absolute atomic E-state index is 0.285. The topological polar surface area (TPSA) is 53.0 Å². The van der Waals surface area contributed by atoms with Crippen LogP contribution in [0.15, 0.2) is 24.3 Å². The number of ether oxygens (including phenoxy) is 1. The van der Waals surface area contributed by atoms with Gasteiger partial charge in [-0.15, -0.1) is 0 Å². The van der Waals surface area contributed by atoms with Crippen LogP contribution < -0.4 is 4.74 Å². The number of rotatable bonds is 8. The number of piperazine rings is 1. The third-order valence-corrected chi connectivity index (χ3v) is 4.65. The lowest BCUT2D eigenvalue weighted by Gasteiger charge is -2.38. The van der Waals surface area contributed by atoms with Crippen molar-refractivity contribution in [1.29, 1.82) is 0 Å². The number of benzene rings is 1. The molecule has 1 aliphatic heterocycles. The Kier molecular flexibility index (Phi) is 6.86. The summed E-state index contributed by atoms with van der Waals surface area (Å²) in [5, 5.41) is 8.66. The van der Waals surface area contributed by atoms with Gasteiger partial charge in [0.2, 0.25) is 0 Å². The number of carboxylic acids is 1. The lowest BCUT2D eigenvalue weighted by Crippen LogP contribution is -2.47. The average Bonchev–Trinajstić information content (AvgIpc) is 2.58. The van der Waals surface area contributed by atoms with Crippen LogP contribution in [0.1, 0.15) is 37.8 Å². The normalized spacial score (nSPS) is 17.8. The molecule has 1 aromatic carbocycles. The lowest BCUT2D eigenvalue weighted by molar-refractivity contribution is -0.137. The molecule has 0 amide bonds. The first kappa shape index (κ1) is 17.8. The molecule has 0 spiro atoms. The summed E-state index contributed by atoms with van der Waals surface area (Å²) in [5.74, 6) is 0.216. The zero-order valence-corrected chi connectivity index (χ0v) is 14.2. The molecule has 5 nitrogen and oxygen atoms in total. The van der Waals surface area contributed by atoms with E-state index in [-0.39, 0.29) is 6.42 Å². The van der Waals surface area contributed by atoms with Crippen molar-refractivity contribution < 1.29 is 14.6 Å². The Morgan fingerprint density at radius 1 is 1.26 bits per heavy atom. The molecule has 23 heavy (non-hydrogen) atoms. The Morgan fingerprint density at radius 3 is 2.65 bits per heavy atom. The zero-order chi connectivity index (χ0) is 16.7. The molecule has 1 atom stereocenters. The highest BCUT2D eigenvalue weighted by molar-refractivity contribution is 5.66. The number of nitrogens with zero attached hydrogens (tertiary/aromatic N) is 2. The highest BCUT2D eigenvalue weighted by atomic mass is 16.5. The van der Waals surface area contributed by atoms with E-state index in [1.54, 1.807) is 7.11 Å². The third kappa shape index (κ3) is 5.52. The molecule has 0 aliphatic carbocycles. The summed E-state index contributed by atoms with van der Waals surface area (Å²) < 4.78 is 5.31. The van der Waals surface area contributed by atoms with Gasteiger partial charge in [0, 0.05) is 38.6 Å². The van der Waals surface area contributed by atoms with Gasteiger partial charge in [-0.1, -0.05) is 12.1 Å². The van der Waals surface area contributed by atoms with Gasteiger partial charge in [0.25, 0.3) is 0 Å². The third-order valence-electron chi connectivity index (χ3n) is 4.65. The molecule has 1 fully saturated rings. The van der Waals surface area contributed by atoms with E-state index in [1.807, 2.05) is 12.1 Å². The van der Waals surface area contributed by atoms with Gasteiger partial charge in [0.05, 0.1) is 7.11 Å². The van der Waals surface area contributed by atoms with Crippen molar-refractivity contribution in [3.8, 4) is 5.75 Å². The van der Waals surface area contributed by atoms with Crippen LogP contribution in [0.25, 0.3) is 0 Å². The van der Waals surface area contributed by atoms with Crippen LogP contribution in [0.2, 0.25) is 0 Å². The maximum absolute atomic E-state index is 10.5. The van der Waals surface area contributed by atoms with Gasteiger partial charge in [0.1, 0.15) is 5.75 Å². The van der Waals surface area contributed by atoms with Crippen molar-refractivity contribution >= 4 is 5.97 Å². The first-order chi connectivity index (χ1) is 11.1. The second-order valence-corrected chi connectivity index (χ2v) is 6.18. The highest BCUT2D eigenvalue weighted by Gasteiger charge is 2.22. The summed E-state index contributed by atoms with van der Waals surface area (Å²) in [7, 11) is 1.70. The summed E-state index contributed by atoms with van der Waals surface area (Å²) in [6.07, 6.45) is 2.03. The molecule has 0 aromatic heterocycles. The molecule has 0 saturated carbocycles. The van der Waals surface area contributed by atoms with Gasteiger partial charge in [-0.2, -0.15) is 0 Å². The predicted molar refractivity (Wildman–Crippen MR) is 90.9 cm³/mol. The molecular weight excluding hydrogens is 292 g/mol. The van der Waals surface area contributed by atoms with E-state index in [0.29, 0.717) is 6.04 Å². The molecule has 1 aliphatic rings. The minimum Gasteiger partial charge on any atom is -0.497 e. The largest absolute Gasteiger partial charge is 0.497 e. The molecule has 128 valence electrons. The number of unbranched alkanes of at least 4 members (excludes halogenated alkanes) is 1. The number of carbonyl (C=O) groups is 1. The van der Waals surface area contributed by atoms with Crippen molar-refractivity contribution in [2.45, 2.75) is 32.2 Å². The molecule has 0 radical (unpaired) electrons. The van der Waals surface area contributed by atoms with Gasteiger partial charge >= 0.3 is 5.97 Å². The smallest absolute Gasteiger partial charge is 0.303 e. The summed E-state index contributed by atoms with van der Waals surface area (Å²) in [5.41, 5.74) is 1.29. The van der Waals surface area contributed by atoms with Crippen molar-refractivity contribution in [3.63, 3.8) is 0 Å². The summed E-state index contributed by atoms with van der Waals surface area (Å²) in [6, 6.07) is 8.68. The number of carboxylic acid groups (broad SMARTS) is 1. The van der Waals surface area contributed by atoms with Gasteiger partial charge in [0.15, 0.2) is 0 Å². The molecule has 2 rings (SSSR count). The van der Waals surface area contributed by atoms with E-state index in [1.165, 1.54) is 5.56 Å². The number of hydrogen-bond acceptors (Lipinski definition) is 4.